The molecule has 3 heteroatoms. The Bertz CT molecular complexity index is 261. The van der Waals surface area contributed by atoms with Crippen LogP contribution in [0.25, 0.3) is 0 Å². The number of benzene rings is 1. The van der Waals surface area contributed by atoms with Crippen LogP contribution in [-0.2, 0) is 6.54 Å². The van der Waals surface area contributed by atoms with Gasteiger partial charge in [-0.1, -0.05) is 6.07 Å². The van der Waals surface area contributed by atoms with Crippen LogP contribution in [0.15, 0.2) is 18.2 Å². The molecular formula is C9H12NO2. The number of rotatable bonds is 3. The van der Waals surface area contributed by atoms with Crippen LogP contribution < -0.4 is 15.2 Å². The van der Waals surface area contributed by atoms with Crippen LogP contribution in [0.5, 0.6) is 11.5 Å². The average molecular weight is 166 g/mol. The first kappa shape index (κ1) is 8.87. The Morgan fingerprint density at radius 3 is 2.33 bits per heavy atom. The van der Waals surface area contributed by atoms with Crippen molar-refractivity contribution in [3.8, 4) is 11.5 Å². The molecule has 0 unspecified atom stereocenters. The molecule has 1 aromatic rings. The summed E-state index contributed by atoms with van der Waals surface area (Å²) >= 11 is 0. The van der Waals surface area contributed by atoms with Crippen LogP contribution in [0.1, 0.15) is 5.56 Å². The lowest BCUT2D eigenvalue weighted by atomic mass is 10.2. The summed E-state index contributed by atoms with van der Waals surface area (Å²) in [4.78, 5) is 0. The molecule has 65 valence electrons. The molecule has 0 aromatic heterocycles. The minimum Gasteiger partial charge on any atom is -0.493 e. The van der Waals surface area contributed by atoms with Gasteiger partial charge in [0, 0.05) is 6.54 Å². The molecule has 1 N–H and O–H groups in total. The highest BCUT2D eigenvalue weighted by atomic mass is 16.5. The standard InChI is InChI=1S/C9H12NO2/c1-11-8-4-3-7(6-10)5-9(8)12-2/h3-5,10H,6H2,1-2H3. The average Bonchev–Trinajstić information content (AvgIpc) is 2.16. The van der Waals surface area contributed by atoms with Gasteiger partial charge in [-0.25, -0.2) is 0 Å². The first-order chi connectivity index (χ1) is 5.81. The number of ether oxygens (including phenoxy) is 2. The van der Waals surface area contributed by atoms with Crippen molar-refractivity contribution in [2.45, 2.75) is 6.54 Å². The highest BCUT2D eigenvalue weighted by molar-refractivity contribution is 5.42. The van der Waals surface area contributed by atoms with E-state index >= 15 is 0 Å². The summed E-state index contributed by atoms with van der Waals surface area (Å²) in [5.74, 6) is 1.39. The van der Waals surface area contributed by atoms with Crippen molar-refractivity contribution in [1.29, 1.82) is 0 Å². The van der Waals surface area contributed by atoms with Gasteiger partial charge in [-0.05, 0) is 17.7 Å². The second-order valence-corrected chi connectivity index (χ2v) is 2.37. The van der Waals surface area contributed by atoms with E-state index in [1.54, 1.807) is 14.2 Å². The largest absolute Gasteiger partial charge is 0.493 e. The van der Waals surface area contributed by atoms with Gasteiger partial charge < -0.3 is 9.47 Å². The van der Waals surface area contributed by atoms with E-state index in [4.69, 9.17) is 15.2 Å². The van der Waals surface area contributed by atoms with Gasteiger partial charge in [0.1, 0.15) is 0 Å². The summed E-state index contributed by atoms with van der Waals surface area (Å²) in [5.41, 5.74) is 8.07. The number of hydrogen-bond donors (Lipinski definition) is 0. The second kappa shape index (κ2) is 3.97. The Morgan fingerprint density at radius 2 is 1.83 bits per heavy atom. The molecular weight excluding hydrogens is 154 g/mol. The Labute approximate surface area is 72.1 Å². The molecule has 0 spiro atoms. The molecule has 0 aliphatic carbocycles. The Hall–Kier alpha value is -1.22. The van der Waals surface area contributed by atoms with Gasteiger partial charge in [0.05, 0.1) is 14.2 Å². The molecule has 0 atom stereocenters. The normalized spacial score (nSPS) is 9.58. The first-order valence-electron chi connectivity index (χ1n) is 3.67. The molecule has 1 rings (SSSR count). The number of methoxy groups -OCH3 is 2. The topological polar surface area (TPSA) is 42.3 Å². The zero-order valence-electron chi connectivity index (χ0n) is 7.26. The molecule has 1 aromatic carbocycles. The molecule has 0 bridgehead atoms. The third-order valence-electron chi connectivity index (χ3n) is 1.65. The minimum atomic E-state index is 0.264. The molecule has 1 radical (unpaired) electrons. The molecule has 0 saturated heterocycles. The SMILES string of the molecule is COc1ccc(C[NH])cc1OC. The van der Waals surface area contributed by atoms with Crippen LogP contribution >= 0.6 is 0 Å². The first-order valence-corrected chi connectivity index (χ1v) is 3.67. The fraction of sp³-hybridized carbons (Fsp3) is 0.333. The summed E-state index contributed by atoms with van der Waals surface area (Å²) in [6.07, 6.45) is 0. The van der Waals surface area contributed by atoms with Crippen LogP contribution in [-0.4, -0.2) is 14.2 Å². The van der Waals surface area contributed by atoms with Crippen molar-refractivity contribution in [2.24, 2.45) is 0 Å². The van der Waals surface area contributed by atoms with E-state index in [2.05, 4.69) is 0 Å². The second-order valence-electron chi connectivity index (χ2n) is 2.37. The van der Waals surface area contributed by atoms with Crippen molar-refractivity contribution in [1.82, 2.24) is 5.73 Å². The molecule has 0 aliphatic heterocycles. The lowest BCUT2D eigenvalue weighted by Crippen LogP contribution is -1.92. The summed E-state index contributed by atoms with van der Waals surface area (Å²) in [6, 6.07) is 5.48. The molecule has 0 saturated carbocycles. The van der Waals surface area contributed by atoms with Gasteiger partial charge in [-0.2, -0.15) is 0 Å². The molecule has 0 amide bonds. The molecule has 12 heavy (non-hydrogen) atoms. The van der Waals surface area contributed by atoms with Gasteiger partial charge in [-0.3, -0.25) is 5.73 Å². The van der Waals surface area contributed by atoms with Crippen molar-refractivity contribution in [3.05, 3.63) is 23.8 Å². The van der Waals surface area contributed by atoms with Gasteiger partial charge in [0.2, 0.25) is 0 Å². The minimum absolute atomic E-state index is 0.264. The molecule has 0 heterocycles. The van der Waals surface area contributed by atoms with Crippen LogP contribution in [0.3, 0.4) is 0 Å². The summed E-state index contributed by atoms with van der Waals surface area (Å²) in [7, 11) is 3.18. The fourth-order valence-corrected chi connectivity index (χ4v) is 0.991. The predicted molar refractivity (Wildman–Crippen MR) is 46.3 cm³/mol. The van der Waals surface area contributed by atoms with E-state index < -0.39 is 0 Å². The smallest absolute Gasteiger partial charge is 0.161 e. The maximum Gasteiger partial charge on any atom is 0.161 e. The summed E-state index contributed by atoms with van der Waals surface area (Å²) in [5, 5.41) is 0. The van der Waals surface area contributed by atoms with Crippen molar-refractivity contribution < 1.29 is 9.47 Å². The zero-order chi connectivity index (χ0) is 8.97. The van der Waals surface area contributed by atoms with E-state index in [0.717, 1.165) is 5.56 Å². The van der Waals surface area contributed by atoms with Crippen molar-refractivity contribution in [2.75, 3.05) is 14.2 Å². The molecule has 0 fully saturated rings. The van der Waals surface area contributed by atoms with E-state index in [0.29, 0.717) is 11.5 Å². The van der Waals surface area contributed by atoms with E-state index in [9.17, 15) is 0 Å². The maximum atomic E-state index is 7.15. The van der Waals surface area contributed by atoms with E-state index in [1.165, 1.54) is 0 Å². The van der Waals surface area contributed by atoms with Gasteiger partial charge >= 0.3 is 0 Å². The Balaban J connectivity index is 3.02. The lowest BCUT2D eigenvalue weighted by Gasteiger charge is -2.07. The third kappa shape index (κ3) is 1.68. The predicted octanol–water partition coefficient (Wildman–Crippen LogP) is 1.49. The van der Waals surface area contributed by atoms with Crippen LogP contribution in [0, 0.1) is 0 Å². The van der Waals surface area contributed by atoms with Crippen LogP contribution in [0.2, 0.25) is 0 Å². The van der Waals surface area contributed by atoms with Crippen LogP contribution in [0.4, 0.5) is 0 Å². The van der Waals surface area contributed by atoms with Gasteiger partial charge in [0.25, 0.3) is 0 Å². The number of hydrogen-bond acceptors (Lipinski definition) is 2. The molecule has 3 nitrogen and oxygen atoms in total. The fourth-order valence-electron chi connectivity index (χ4n) is 0.991. The quantitative estimate of drug-likeness (QED) is 0.682. The number of nitrogens with one attached hydrogen (secondary N) is 1. The highest BCUT2D eigenvalue weighted by Crippen LogP contribution is 2.27. The van der Waals surface area contributed by atoms with E-state index in [-0.39, 0.29) is 6.54 Å². The third-order valence-corrected chi connectivity index (χ3v) is 1.65. The van der Waals surface area contributed by atoms with Crippen molar-refractivity contribution >= 4 is 0 Å². The Morgan fingerprint density at radius 1 is 1.17 bits per heavy atom. The monoisotopic (exact) mass is 166 g/mol. The highest BCUT2D eigenvalue weighted by Gasteiger charge is 2.02. The Kier molecular flexibility index (Phi) is 2.94. The zero-order valence-corrected chi connectivity index (χ0v) is 7.26. The molecule has 0 aliphatic rings. The van der Waals surface area contributed by atoms with Crippen molar-refractivity contribution in [3.63, 3.8) is 0 Å². The van der Waals surface area contributed by atoms with Gasteiger partial charge in [0.15, 0.2) is 11.5 Å². The summed E-state index contributed by atoms with van der Waals surface area (Å²) < 4.78 is 10.1. The lowest BCUT2D eigenvalue weighted by molar-refractivity contribution is 0.354. The van der Waals surface area contributed by atoms with Gasteiger partial charge in [-0.15, -0.1) is 0 Å². The maximum absolute atomic E-state index is 7.15. The summed E-state index contributed by atoms with van der Waals surface area (Å²) in [6.45, 7) is 0.264. The van der Waals surface area contributed by atoms with E-state index in [1.807, 2.05) is 18.2 Å².